The van der Waals surface area contributed by atoms with E-state index in [1.165, 1.54) is 44.2 Å². The minimum Gasteiger partial charge on any atom is -0.310 e. The monoisotopic (exact) mass is 463 g/mol. The highest BCUT2D eigenvalue weighted by atomic mass is 15.3. The molecule has 1 aliphatic rings. The van der Waals surface area contributed by atoms with E-state index in [-0.39, 0.29) is 5.92 Å². The molecule has 1 aliphatic carbocycles. The van der Waals surface area contributed by atoms with Crippen molar-refractivity contribution in [3.05, 3.63) is 72.8 Å². The number of hydrazone groups is 1. The van der Waals surface area contributed by atoms with Crippen molar-refractivity contribution >= 4 is 5.71 Å². The molecule has 1 aromatic heterocycles. The first-order chi connectivity index (χ1) is 16.5. The first-order valence-electron chi connectivity index (χ1n) is 12.9. The smallest absolute Gasteiger partial charge is 0.115 e. The second-order valence-corrected chi connectivity index (χ2v) is 9.59. The molecule has 0 bridgehead atoms. The average molecular weight is 464 g/mol. The molecule has 0 spiro atoms. The maximum absolute atomic E-state index is 4.90. The van der Waals surface area contributed by atoms with E-state index in [1.807, 2.05) is 6.07 Å². The summed E-state index contributed by atoms with van der Waals surface area (Å²) in [5, 5.41) is 4.90. The summed E-state index contributed by atoms with van der Waals surface area (Å²) in [4.78, 5) is 11.2. The minimum absolute atomic E-state index is 0.0950. The Kier molecular flexibility index (Phi) is 12.0. The third-order valence-corrected chi connectivity index (χ3v) is 6.82. The average Bonchev–Trinajstić information content (AvgIpc) is 2.87. The third-order valence-electron chi connectivity index (χ3n) is 6.82. The van der Waals surface area contributed by atoms with Gasteiger partial charge < -0.3 is 5.43 Å². The predicted octanol–water partition coefficient (Wildman–Crippen LogP) is 6.36. The van der Waals surface area contributed by atoms with E-state index in [2.05, 4.69) is 92.3 Å². The molecule has 0 radical (unpaired) electrons. The van der Waals surface area contributed by atoms with E-state index in [1.54, 1.807) is 12.5 Å². The molecule has 34 heavy (non-hydrogen) atoms. The van der Waals surface area contributed by atoms with Gasteiger partial charge in [-0.3, -0.25) is 4.90 Å². The second kappa shape index (κ2) is 14.7. The Hall–Kier alpha value is -2.53. The number of hydrogen-bond donors (Lipinski definition) is 1. The van der Waals surface area contributed by atoms with Crippen molar-refractivity contribution in [3.8, 4) is 0 Å². The largest absolute Gasteiger partial charge is 0.310 e. The quantitative estimate of drug-likeness (QED) is 0.253. The van der Waals surface area contributed by atoms with Gasteiger partial charge in [0.15, 0.2) is 0 Å². The van der Waals surface area contributed by atoms with Crippen LogP contribution >= 0.6 is 0 Å². The molecule has 1 fully saturated rings. The molecular weight excluding hydrogens is 418 g/mol. The summed E-state index contributed by atoms with van der Waals surface area (Å²) >= 11 is 0. The van der Waals surface area contributed by atoms with Crippen LogP contribution in [0.3, 0.4) is 0 Å². The van der Waals surface area contributed by atoms with Crippen molar-refractivity contribution in [1.29, 1.82) is 0 Å². The van der Waals surface area contributed by atoms with Crippen molar-refractivity contribution in [1.82, 2.24) is 20.3 Å². The molecule has 1 N–H and O–H groups in total. The van der Waals surface area contributed by atoms with Crippen LogP contribution in [-0.4, -0.2) is 45.8 Å². The van der Waals surface area contributed by atoms with Crippen LogP contribution in [0, 0.1) is 12.8 Å². The van der Waals surface area contributed by atoms with Crippen LogP contribution in [0.4, 0.5) is 0 Å². The highest BCUT2D eigenvalue weighted by Gasteiger charge is 2.27. The van der Waals surface area contributed by atoms with Crippen molar-refractivity contribution in [2.24, 2.45) is 11.0 Å². The lowest BCUT2D eigenvalue weighted by Crippen LogP contribution is -2.43. The van der Waals surface area contributed by atoms with Crippen molar-refractivity contribution < 1.29 is 0 Å². The van der Waals surface area contributed by atoms with E-state index < -0.39 is 0 Å². The number of aryl methyl sites for hydroxylation is 1. The standard InChI is InChI=1S/C27H41N5.C2H4/c1-6-17-32(20(2)3)25-13-9-23(10-14-25)18-30-31-27(24-11-7-21(4)8-12-24)22(5)26-15-16-28-19-29-26;1-2/h7-8,11-12,15-16,19-20,22-23,25,30H,6,9-10,13-14,17-18H2,1-5H3;1-2H2/b31-27+;. The Morgan fingerprint density at radius 2 is 1.76 bits per heavy atom. The van der Waals surface area contributed by atoms with Gasteiger partial charge in [0, 0.05) is 30.7 Å². The molecule has 186 valence electrons. The molecular formula is C29H45N5. The van der Waals surface area contributed by atoms with E-state index >= 15 is 0 Å². The lowest BCUT2D eigenvalue weighted by atomic mass is 9.85. The summed E-state index contributed by atoms with van der Waals surface area (Å²) in [6, 6.07) is 12.0. The van der Waals surface area contributed by atoms with Gasteiger partial charge in [0.2, 0.25) is 0 Å². The van der Waals surface area contributed by atoms with Gasteiger partial charge in [0.1, 0.15) is 6.33 Å². The van der Waals surface area contributed by atoms with Gasteiger partial charge in [0.25, 0.3) is 0 Å². The summed E-state index contributed by atoms with van der Waals surface area (Å²) in [5.41, 5.74) is 7.87. The lowest BCUT2D eigenvalue weighted by molar-refractivity contribution is 0.105. The van der Waals surface area contributed by atoms with Crippen molar-refractivity contribution in [3.63, 3.8) is 0 Å². The zero-order valence-electron chi connectivity index (χ0n) is 22.0. The number of hydrogen-bond acceptors (Lipinski definition) is 5. The molecule has 1 atom stereocenters. The predicted molar refractivity (Wildman–Crippen MR) is 145 cm³/mol. The fraction of sp³-hybridized carbons (Fsp3) is 0.552. The molecule has 3 rings (SSSR count). The summed E-state index contributed by atoms with van der Waals surface area (Å²) in [5.74, 6) is 0.789. The minimum atomic E-state index is 0.0950. The van der Waals surface area contributed by atoms with Crippen LogP contribution < -0.4 is 5.43 Å². The Morgan fingerprint density at radius 3 is 2.32 bits per heavy atom. The fourth-order valence-corrected chi connectivity index (χ4v) is 4.89. The van der Waals surface area contributed by atoms with Gasteiger partial charge in [0.05, 0.1) is 11.4 Å². The van der Waals surface area contributed by atoms with Crippen LogP contribution in [0.25, 0.3) is 0 Å². The number of benzene rings is 1. The van der Waals surface area contributed by atoms with Crippen LogP contribution in [0.5, 0.6) is 0 Å². The Labute approximate surface area is 207 Å². The van der Waals surface area contributed by atoms with E-state index in [0.29, 0.717) is 12.0 Å². The normalized spacial score (nSPS) is 19.4. The molecule has 2 aromatic rings. The second-order valence-electron chi connectivity index (χ2n) is 9.59. The molecule has 5 nitrogen and oxygen atoms in total. The first kappa shape index (κ1) is 27.7. The maximum Gasteiger partial charge on any atom is 0.115 e. The van der Waals surface area contributed by atoms with Gasteiger partial charge in [-0.25, -0.2) is 9.97 Å². The fourth-order valence-electron chi connectivity index (χ4n) is 4.89. The van der Waals surface area contributed by atoms with Gasteiger partial charge in [-0.15, -0.1) is 13.2 Å². The summed E-state index contributed by atoms with van der Waals surface area (Å²) in [7, 11) is 0. The Balaban J connectivity index is 0.00000199. The molecule has 0 amide bonds. The molecule has 0 saturated heterocycles. The van der Waals surface area contributed by atoms with Gasteiger partial charge in [-0.05, 0) is 77.0 Å². The van der Waals surface area contributed by atoms with Gasteiger partial charge in [-0.1, -0.05) is 43.7 Å². The highest BCUT2D eigenvalue weighted by Crippen LogP contribution is 2.28. The van der Waals surface area contributed by atoms with Gasteiger partial charge >= 0.3 is 0 Å². The van der Waals surface area contributed by atoms with Crippen LogP contribution in [0.2, 0.25) is 0 Å². The highest BCUT2D eigenvalue weighted by molar-refractivity contribution is 6.04. The lowest BCUT2D eigenvalue weighted by Gasteiger charge is -2.39. The number of nitrogens with zero attached hydrogens (tertiary/aromatic N) is 4. The molecule has 1 unspecified atom stereocenters. The van der Waals surface area contributed by atoms with Crippen LogP contribution in [0.15, 0.2) is 61.1 Å². The van der Waals surface area contributed by atoms with Crippen LogP contribution in [-0.2, 0) is 0 Å². The van der Waals surface area contributed by atoms with Crippen molar-refractivity contribution in [2.45, 2.75) is 84.7 Å². The summed E-state index contributed by atoms with van der Waals surface area (Å²) < 4.78 is 0. The topological polar surface area (TPSA) is 53.4 Å². The third kappa shape index (κ3) is 8.05. The zero-order chi connectivity index (χ0) is 24.9. The molecule has 5 heteroatoms. The number of rotatable bonds is 10. The SMILES string of the molecule is C=C.CCCN(C(C)C)C1CCC(CN/N=C(/c2ccc(C)cc2)C(C)c2ccncn2)CC1. The maximum atomic E-state index is 4.90. The molecule has 1 saturated carbocycles. The van der Waals surface area contributed by atoms with Gasteiger partial charge in [-0.2, -0.15) is 5.10 Å². The molecule has 0 aliphatic heterocycles. The number of nitrogens with one attached hydrogen (secondary N) is 1. The van der Waals surface area contributed by atoms with E-state index in [9.17, 15) is 0 Å². The first-order valence-corrected chi connectivity index (χ1v) is 12.9. The Morgan fingerprint density at radius 1 is 1.09 bits per heavy atom. The molecule has 1 aromatic carbocycles. The van der Waals surface area contributed by atoms with E-state index in [0.717, 1.165) is 29.6 Å². The van der Waals surface area contributed by atoms with Crippen molar-refractivity contribution in [2.75, 3.05) is 13.1 Å². The molecule has 1 heterocycles. The summed E-state index contributed by atoms with van der Waals surface area (Å²) in [6.45, 7) is 19.4. The number of aromatic nitrogens is 2. The summed E-state index contributed by atoms with van der Waals surface area (Å²) in [6.07, 6.45) is 9.82. The van der Waals surface area contributed by atoms with E-state index in [4.69, 9.17) is 5.10 Å². The zero-order valence-corrected chi connectivity index (χ0v) is 22.0. The Bertz CT molecular complexity index is 839. The van der Waals surface area contributed by atoms with Crippen LogP contribution in [0.1, 0.15) is 82.5 Å².